The Labute approximate surface area is 143 Å². The lowest BCUT2D eigenvalue weighted by atomic mass is 9.59. The standard InChI is InChI=1S/C21H24N2O/c1-23-19-10-9-16(24-2)13-17(19)20-11-5-6-12-21(20,23)22-18-8-4-3-7-15(18)14-20/h3-4,7-10,13,22H,5-6,11-12,14H2,1-2H3/t20-,21+/m0/s1. The zero-order valence-corrected chi connectivity index (χ0v) is 14.4. The highest BCUT2D eigenvalue weighted by Crippen LogP contribution is 2.62. The molecule has 0 bridgehead atoms. The van der Waals surface area contributed by atoms with Crippen LogP contribution in [-0.2, 0) is 11.8 Å². The molecular weight excluding hydrogens is 296 g/mol. The van der Waals surface area contributed by atoms with Gasteiger partial charge in [-0.25, -0.2) is 0 Å². The fraction of sp³-hybridized carbons (Fsp3) is 0.429. The molecule has 0 unspecified atom stereocenters. The van der Waals surface area contributed by atoms with Gasteiger partial charge in [0.25, 0.3) is 0 Å². The number of anilines is 2. The van der Waals surface area contributed by atoms with Gasteiger partial charge in [0.1, 0.15) is 11.4 Å². The fourth-order valence-electron chi connectivity index (χ4n) is 5.56. The number of benzene rings is 2. The number of rotatable bonds is 1. The zero-order chi connectivity index (χ0) is 16.4. The molecule has 2 atom stereocenters. The first-order valence-electron chi connectivity index (χ1n) is 8.99. The van der Waals surface area contributed by atoms with E-state index in [2.05, 4.69) is 59.7 Å². The molecule has 0 aromatic heterocycles. The quantitative estimate of drug-likeness (QED) is 0.847. The molecule has 0 saturated heterocycles. The number of nitrogens with one attached hydrogen (secondary N) is 1. The highest BCUT2D eigenvalue weighted by molar-refractivity contribution is 5.74. The summed E-state index contributed by atoms with van der Waals surface area (Å²) < 4.78 is 5.56. The van der Waals surface area contributed by atoms with E-state index in [1.54, 1.807) is 7.11 Å². The van der Waals surface area contributed by atoms with Crippen LogP contribution in [0.25, 0.3) is 0 Å². The van der Waals surface area contributed by atoms with Crippen LogP contribution < -0.4 is 15.0 Å². The Morgan fingerprint density at radius 3 is 2.79 bits per heavy atom. The third-order valence-corrected chi connectivity index (χ3v) is 6.69. The van der Waals surface area contributed by atoms with E-state index in [1.807, 2.05) is 0 Å². The van der Waals surface area contributed by atoms with Crippen LogP contribution in [0.2, 0.25) is 0 Å². The molecular formula is C21H24N2O. The average molecular weight is 320 g/mol. The SMILES string of the molecule is COc1ccc2c(c1)[C@@]13CCCC[C@@]1(Nc1ccccc1C3)N2C. The molecule has 124 valence electrons. The second-order valence-corrected chi connectivity index (χ2v) is 7.55. The minimum atomic E-state index is -0.00565. The van der Waals surface area contributed by atoms with Crippen molar-refractivity contribution < 1.29 is 4.74 Å². The summed E-state index contributed by atoms with van der Waals surface area (Å²) in [6.07, 6.45) is 6.12. The lowest BCUT2D eigenvalue weighted by Crippen LogP contribution is -2.66. The van der Waals surface area contributed by atoms with E-state index in [9.17, 15) is 0 Å². The van der Waals surface area contributed by atoms with E-state index >= 15 is 0 Å². The molecule has 2 heterocycles. The van der Waals surface area contributed by atoms with Gasteiger partial charge in [-0.3, -0.25) is 0 Å². The average Bonchev–Trinajstić information content (AvgIpc) is 2.85. The van der Waals surface area contributed by atoms with Crippen molar-refractivity contribution in [2.75, 3.05) is 24.4 Å². The Hall–Kier alpha value is -2.16. The highest BCUT2D eigenvalue weighted by Gasteiger charge is 2.63. The summed E-state index contributed by atoms with van der Waals surface area (Å²) in [6.45, 7) is 0. The summed E-state index contributed by atoms with van der Waals surface area (Å²) in [5, 5.41) is 3.98. The second kappa shape index (κ2) is 4.69. The van der Waals surface area contributed by atoms with Crippen LogP contribution in [0, 0.1) is 0 Å². The maximum atomic E-state index is 5.56. The Balaban J connectivity index is 1.78. The Morgan fingerprint density at radius 1 is 1.08 bits per heavy atom. The van der Waals surface area contributed by atoms with Gasteiger partial charge < -0.3 is 15.0 Å². The smallest absolute Gasteiger partial charge is 0.120 e. The first-order chi connectivity index (χ1) is 11.7. The summed E-state index contributed by atoms with van der Waals surface area (Å²) in [7, 11) is 4.03. The zero-order valence-electron chi connectivity index (χ0n) is 14.4. The van der Waals surface area contributed by atoms with Gasteiger partial charge in [0, 0.05) is 23.8 Å². The van der Waals surface area contributed by atoms with E-state index in [0.717, 1.165) is 12.2 Å². The van der Waals surface area contributed by atoms with Crippen molar-refractivity contribution >= 4 is 11.4 Å². The molecule has 0 amide bonds. The molecule has 1 aliphatic carbocycles. The van der Waals surface area contributed by atoms with E-state index in [1.165, 1.54) is 48.2 Å². The maximum absolute atomic E-state index is 5.56. The molecule has 24 heavy (non-hydrogen) atoms. The minimum absolute atomic E-state index is 0.00565. The first-order valence-corrected chi connectivity index (χ1v) is 8.99. The van der Waals surface area contributed by atoms with Gasteiger partial charge in [-0.05, 0) is 61.1 Å². The highest BCUT2D eigenvalue weighted by atomic mass is 16.5. The summed E-state index contributed by atoms with van der Waals surface area (Å²) in [4.78, 5) is 2.51. The number of likely N-dealkylation sites (N-methyl/N-ethyl adjacent to an activating group) is 1. The van der Waals surface area contributed by atoms with Crippen LogP contribution in [0.1, 0.15) is 36.8 Å². The van der Waals surface area contributed by atoms with Gasteiger partial charge in [0.2, 0.25) is 0 Å². The predicted molar refractivity (Wildman–Crippen MR) is 98.0 cm³/mol. The molecule has 2 aromatic carbocycles. The van der Waals surface area contributed by atoms with E-state index in [0.29, 0.717) is 0 Å². The van der Waals surface area contributed by atoms with Crippen molar-refractivity contribution in [3.63, 3.8) is 0 Å². The number of nitrogens with zero attached hydrogens (tertiary/aromatic N) is 1. The van der Waals surface area contributed by atoms with Gasteiger partial charge in [0.15, 0.2) is 0 Å². The lowest BCUT2D eigenvalue weighted by molar-refractivity contribution is 0.170. The molecule has 1 saturated carbocycles. The van der Waals surface area contributed by atoms with E-state index in [4.69, 9.17) is 4.74 Å². The van der Waals surface area contributed by atoms with Crippen LogP contribution in [0.3, 0.4) is 0 Å². The number of hydrogen-bond donors (Lipinski definition) is 1. The first kappa shape index (κ1) is 14.2. The third-order valence-electron chi connectivity index (χ3n) is 6.69. The maximum Gasteiger partial charge on any atom is 0.120 e. The molecule has 2 aromatic rings. The normalized spacial score (nSPS) is 29.8. The van der Waals surface area contributed by atoms with Crippen LogP contribution in [-0.4, -0.2) is 19.8 Å². The largest absolute Gasteiger partial charge is 0.497 e. The Bertz CT molecular complexity index is 817. The van der Waals surface area contributed by atoms with Crippen molar-refractivity contribution in [2.24, 2.45) is 0 Å². The molecule has 3 aliphatic rings. The van der Waals surface area contributed by atoms with Crippen LogP contribution in [0.15, 0.2) is 42.5 Å². The summed E-state index contributed by atoms with van der Waals surface area (Å²) >= 11 is 0. The molecule has 5 rings (SSSR count). The molecule has 0 spiro atoms. The lowest BCUT2D eigenvalue weighted by Gasteiger charge is -2.56. The minimum Gasteiger partial charge on any atom is -0.497 e. The molecule has 3 heteroatoms. The van der Waals surface area contributed by atoms with Gasteiger partial charge >= 0.3 is 0 Å². The van der Waals surface area contributed by atoms with Gasteiger partial charge in [-0.2, -0.15) is 0 Å². The second-order valence-electron chi connectivity index (χ2n) is 7.55. The predicted octanol–water partition coefficient (Wildman–Crippen LogP) is 4.32. The molecule has 0 radical (unpaired) electrons. The summed E-state index contributed by atoms with van der Waals surface area (Å²) in [5.74, 6) is 0.969. The van der Waals surface area contributed by atoms with Crippen molar-refractivity contribution in [2.45, 2.75) is 43.2 Å². The van der Waals surface area contributed by atoms with Gasteiger partial charge in [-0.1, -0.05) is 24.6 Å². The summed E-state index contributed by atoms with van der Waals surface area (Å²) in [6, 6.07) is 15.5. The fourth-order valence-corrected chi connectivity index (χ4v) is 5.56. The van der Waals surface area contributed by atoms with Crippen LogP contribution in [0.4, 0.5) is 11.4 Å². The topological polar surface area (TPSA) is 24.5 Å². The molecule has 2 aliphatic heterocycles. The number of methoxy groups -OCH3 is 1. The molecule has 1 fully saturated rings. The van der Waals surface area contributed by atoms with Crippen molar-refractivity contribution in [1.29, 1.82) is 0 Å². The number of fused-ring (bicyclic) bond motifs is 2. The number of para-hydroxylation sites is 1. The van der Waals surface area contributed by atoms with E-state index < -0.39 is 0 Å². The Morgan fingerprint density at radius 2 is 1.92 bits per heavy atom. The number of ether oxygens (including phenoxy) is 1. The third kappa shape index (κ3) is 1.53. The monoisotopic (exact) mass is 320 g/mol. The van der Waals surface area contributed by atoms with Crippen LogP contribution >= 0.6 is 0 Å². The van der Waals surface area contributed by atoms with Crippen molar-refractivity contribution in [1.82, 2.24) is 0 Å². The van der Waals surface area contributed by atoms with Gasteiger partial charge in [0.05, 0.1) is 7.11 Å². The van der Waals surface area contributed by atoms with Crippen molar-refractivity contribution in [3.8, 4) is 5.75 Å². The number of hydrogen-bond acceptors (Lipinski definition) is 3. The molecule has 1 N–H and O–H groups in total. The van der Waals surface area contributed by atoms with Gasteiger partial charge in [-0.15, -0.1) is 0 Å². The van der Waals surface area contributed by atoms with Crippen molar-refractivity contribution in [3.05, 3.63) is 53.6 Å². The van der Waals surface area contributed by atoms with E-state index in [-0.39, 0.29) is 11.1 Å². The molecule has 3 nitrogen and oxygen atoms in total. The van der Waals surface area contributed by atoms with Crippen LogP contribution in [0.5, 0.6) is 5.75 Å². The summed E-state index contributed by atoms with van der Waals surface area (Å²) in [5.41, 5.74) is 5.71. The Kier molecular flexibility index (Phi) is 2.77.